The number of amides is 1. The predicted octanol–water partition coefficient (Wildman–Crippen LogP) is 3.13. The topological polar surface area (TPSA) is 76.3 Å². The molecule has 0 N–H and O–H groups in total. The molecular weight excluding hydrogens is 282 g/mol. The van der Waals surface area contributed by atoms with E-state index in [0.29, 0.717) is 11.3 Å². The van der Waals surface area contributed by atoms with Gasteiger partial charge in [0.1, 0.15) is 5.69 Å². The molecule has 2 rings (SSSR count). The molecule has 0 aliphatic rings. The first-order valence-corrected chi connectivity index (χ1v) is 6.85. The standard InChI is InChI=1S/C16H17N3O3/c1-11-6-4-9-15(17-11)16(20)18(3)12(2)13-7-5-8-14(10-13)19(21)22/h4-10,12H,1-3H3/t12-/m0/s1. The monoisotopic (exact) mass is 299 g/mol. The fourth-order valence-corrected chi connectivity index (χ4v) is 2.14. The number of aryl methyl sites for hydroxylation is 1. The third kappa shape index (κ3) is 3.28. The minimum Gasteiger partial charge on any atom is -0.334 e. The lowest BCUT2D eigenvalue weighted by Gasteiger charge is -2.25. The fourth-order valence-electron chi connectivity index (χ4n) is 2.14. The van der Waals surface area contributed by atoms with E-state index in [9.17, 15) is 14.9 Å². The largest absolute Gasteiger partial charge is 0.334 e. The number of hydrogen-bond donors (Lipinski definition) is 0. The van der Waals surface area contributed by atoms with E-state index < -0.39 is 4.92 Å². The molecule has 22 heavy (non-hydrogen) atoms. The van der Waals surface area contributed by atoms with Gasteiger partial charge in [0, 0.05) is 24.9 Å². The zero-order chi connectivity index (χ0) is 16.3. The molecule has 0 saturated heterocycles. The van der Waals surface area contributed by atoms with Crippen molar-refractivity contribution >= 4 is 11.6 Å². The fraction of sp³-hybridized carbons (Fsp3) is 0.250. The van der Waals surface area contributed by atoms with E-state index >= 15 is 0 Å². The summed E-state index contributed by atoms with van der Waals surface area (Å²) < 4.78 is 0. The van der Waals surface area contributed by atoms with Crippen molar-refractivity contribution in [2.75, 3.05) is 7.05 Å². The van der Waals surface area contributed by atoms with Crippen molar-refractivity contribution in [2.45, 2.75) is 19.9 Å². The van der Waals surface area contributed by atoms with Crippen LogP contribution in [-0.2, 0) is 0 Å². The van der Waals surface area contributed by atoms with E-state index in [0.717, 1.165) is 5.69 Å². The molecule has 114 valence electrons. The van der Waals surface area contributed by atoms with Crippen molar-refractivity contribution in [3.63, 3.8) is 0 Å². The maximum absolute atomic E-state index is 12.5. The van der Waals surface area contributed by atoms with Gasteiger partial charge in [0.15, 0.2) is 0 Å². The summed E-state index contributed by atoms with van der Waals surface area (Å²) in [6.45, 7) is 3.65. The van der Waals surface area contributed by atoms with Crippen LogP contribution in [0.1, 0.15) is 34.7 Å². The van der Waals surface area contributed by atoms with Gasteiger partial charge in [-0.05, 0) is 31.5 Å². The zero-order valence-corrected chi connectivity index (χ0v) is 12.7. The quantitative estimate of drug-likeness (QED) is 0.642. The average Bonchev–Trinajstić information content (AvgIpc) is 2.52. The highest BCUT2D eigenvalue weighted by atomic mass is 16.6. The highest BCUT2D eigenvalue weighted by molar-refractivity contribution is 5.92. The minimum absolute atomic E-state index is 0.0129. The van der Waals surface area contributed by atoms with Crippen LogP contribution >= 0.6 is 0 Å². The van der Waals surface area contributed by atoms with E-state index in [4.69, 9.17) is 0 Å². The molecule has 0 aliphatic heterocycles. The molecule has 0 unspecified atom stereocenters. The Morgan fingerprint density at radius 3 is 2.59 bits per heavy atom. The molecule has 0 aliphatic carbocycles. The van der Waals surface area contributed by atoms with Crippen LogP contribution in [0.25, 0.3) is 0 Å². The number of nitro groups is 1. The van der Waals surface area contributed by atoms with Crippen molar-refractivity contribution in [3.8, 4) is 0 Å². The van der Waals surface area contributed by atoms with Gasteiger partial charge in [0.2, 0.25) is 0 Å². The van der Waals surface area contributed by atoms with Crippen molar-refractivity contribution in [3.05, 3.63) is 69.5 Å². The molecule has 1 heterocycles. The Kier molecular flexibility index (Phi) is 4.50. The minimum atomic E-state index is -0.444. The number of aromatic nitrogens is 1. The first-order chi connectivity index (χ1) is 10.4. The molecule has 6 heteroatoms. The molecule has 6 nitrogen and oxygen atoms in total. The summed E-state index contributed by atoms with van der Waals surface area (Å²) in [5.74, 6) is -0.220. The Morgan fingerprint density at radius 1 is 1.27 bits per heavy atom. The van der Waals surface area contributed by atoms with Crippen LogP contribution in [0.4, 0.5) is 5.69 Å². The van der Waals surface area contributed by atoms with Gasteiger partial charge in [-0.15, -0.1) is 0 Å². The smallest absolute Gasteiger partial charge is 0.272 e. The van der Waals surface area contributed by atoms with Crippen LogP contribution in [0.15, 0.2) is 42.5 Å². The number of carbonyl (C=O) groups excluding carboxylic acids is 1. The lowest BCUT2D eigenvalue weighted by Crippen LogP contribution is -2.30. The SMILES string of the molecule is Cc1cccc(C(=O)N(C)[C@@H](C)c2cccc([N+](=O)[O-])c2)n1. The third-order valence-corrected chi connectivity index (χ3v) is 3.57. The lowest BCUT2D eigenvalue weighted by molar-refractivity contribution is -0.384. The molecule has 0 saturated carbocycles. The highest BCUT2D eigenvalue weighted by Gasteiger charge is 2.21. The Morgan fingerprint density at radius 2 is 1.95 bits per heavy atom. The van der Waals surface area contributed by atoms with Crippen molar-refractivity contribution in [1.82, 2.24) is 9.88 Å². The Hall–Kier alpha value is -2.76. The van der Waals surface area contributed by atoms with Gasteiger partial charge in [0.25, 0.3) is 11.6 Å². The van der Waals surface area contributed by atoms with E-state index in [1.807, 2.05) is 19.9 Å². The highest BCUT2D eigenvalue weighted by Crippen LogP contribution is 2.24. The maximum atomic E-state index is 12.5. The molecule has 0 spiro atoms. The van der Waals surface area contributed by atoms with Gasteiger partial charge < -0.3 is 4.90 Å². The first-order valence-electron chi connectivity index (χ1n) is 6.85. The summed E-state index contributed by atoms with van der Waals surface area (Å²) in [5.41, 5.74) is 1.85. The number of carbonyl (C=O) groups is 1. The molecule has 2 aromatic rings. The van der Waals surface area contributed by atoms with Gasteiger partial charge in [-0.25, -0.2) is 4.98 Å². The van der Waals surface area contributed by atoms with Crippen molar-refractivity contribution in [1.29, 1.82) is 0 Å². The zero-order valence-electron chi connectivity index (χ0n) is 12.7. The molecule has 1 aromatic heterocycles. The Bertz CT molecular complexity index is 715. The molecule has 0 bridgehead atoms. The number of pyridine rings is 1. The summed E-state index contributed by atoms with van der Waals surface area (Å²) in [6, 6.07) is 11.3. The number of nitro benzene ring substituents is 1. The van der Waals surface area contributed by atoms with Crippen LogP contribution < -0.4 is 0 Å². The van der Waals surface area contributed by atoms with Crippen LogP contribution in [0.2, 0.25) is 0 Å². The molecule has 1 atom stereocenters. The molecule has 0 fully saturated rings. The van der Waals surface area contributed by atoms with Crippen LogP contribution in [0.3, 0.4) is 0 Å². The number of rotatable bonds is 4. The van der Waals surface area contributed by atoms with Gasteiger partial charge in [-0.2, -0.15) is 0 Å². The third-order valence-electron chi connectivity index (χ3n) is 3.57. The number of non-ortho nitro benzene ring substituents is 1. The molecule has 0 radical (unpaired) electrons. The number of benzene rings is 1. The second-order valence-corrected chi connectivity index (χ2v) is 5.11. The summed E-state index contributed by atoms with van der Waals surface area (Å²) in [4.78, 5) is 28.6. The predicted molar refractivity (Wildman–Crippen MR) is 82.6 cm³/mol. The number of hydrogen-bond acceptors (Lipinski definition) is 4. The Labute approximate surface area is 128 Å². The second-order valence-electron chi connectivity index (χ2n) is 5.11. The summed E-state index contributed by atoms with van der Waals surface area (Å²) in [7, 11) is 1.66. The number of nitrogens with zero attached hydrogens (tertiary/aromatic N) is 3. The summed E-state index contributed by atoms with van der Waals surface area (Å²) >= 11 is 0. The average molecular weight is 299 g/mol. The van der Waals surface area contributed by atoms with Gasteiger partial charge in [0.05, 0.1) is 11.0 Å². The van der Waals surface area contributed by atoms with Crippen LogP contribution in [0, 0.1) is 17.0 Å². The normalized spacial score (nSPS) is 11.8. The molecule has 1 aromatic carbocycles. The van der Waals surface area contributed by atoms with E-state index in [1.165, 1.54) is 17.0 Å². The molecule has 1 amide bonds. The second kappa shape index (κ2) is 6.34. The van der Waals surface area contributed by atoms with Crippen molar-refractivity contribution < 1.29 is 9.72 Å². The van der Waals surface area contributed by atoms with Gasteiger partial charge in [-0.3, -0.25) is 14.9 Å². The van der Waals surface area contributed by atoms with Crippen molar-refractivity contribution in [2.24, 2.45) is 0 Å². The first kappa shape index (κ1) is 15.6. The summed E-state index contributed by atoms with van der Waals surface area (Å²) in [5, 5.41) is 10.9. The van der Waals surface area contributed by atoms with E-state index in [1.54, 1.807) is 31.3 Å². The van der Waals surface area contributed by atoms with E-state index in [-0.39, 0.29) is 17.6 Å². The van der Waals surface area contributed by atoms with Gasteiger partial charge in [-0.1, -0.05) is 18.2 Å². The Balaban J connectivity index is 2.25. The lowest BCUT2D eigenvalue weighted by atomic mass is 10.1. The maximum Gasteiger partial charge on any atom is 0.272 e. The van der Waals surface area contributed by atoms with E-state index in [2.05, 4.69) is 4.98 Å². The van der Waals surface area contributed by atoms with Crippen LogP contribution in [-0.4, -0.2) is 27.8 Å². The summed E-state index contributed by atoms with van der Waals surface area (Å²) in [6.07, 6.45) is 0. The van der Waals surface area contributed by atoms with Gasteiger partial charge >= 0.3 is 0 Å². The molecular formula is C16H17N3O3. The van der Waals surface area contributed by atoms with Crippen LogP contribution in [0.5, 0.6) is 0 Å².